The third-order valence-corrected chi connectivity index (χ3v) is 11.1. The van der Waals surface area contributed by atoms with Gasteiger partial charge >= 0.3 is 79.8 Å². The first-order valence-electron chi connectivity index (χ1n) is 17.9. The van der Waals surface area contributed by atoms with Crippen molar-refractivity contribution >= 4 is 14.4 Å². The molecule has 0 heterocycles. The zero-order valence-corrected chi connectivity index (χ0v) is 36.0. The number of unbranched alkanes of at least 4 members (excludes halogenated alkanes) is 2. The van der Waals surface area contributed by atoms with E-state index in [1.54, 1.807) is 27.4 Å². The predicted octanol–water partition coefficient (Wildman–Crippen LogP) is 6.90. The summed E-state index contributed by atoms with van der Waals surface area (Å²) >= 11 is 1.67. The fourth-order valence-electron chi connectivity index (χ4n) is 7.19. The van der Waals surface area contributed by atoms with E-state index in [0.717, 1.165) is 12.8 Å². The monoisotopic (exact) mass is 760 g/mol. The van der Waals surface area contributed by atoms with E-state index < -0.39 is 0 Å². The molecule has 0 fully saturated rings. The van der Waals surface area contributed by atoms with E-state index in [9.17, 15) is 0 Å². The van der Waals surface area contributed by atoms with E-state index in [1.165, 1.54) is 94.2 Å². The Bertz CT molecular complexity index is 1460. The molecule has 0 atom stereocenters. The molecule has 4 aliphatic carbocycles. The summed E-state index contributed by atoms with van der Waals surface area (Å²) in [4.78, 5) is 0. The van der Waals surface area contributed by atoms with E-state index in [4.69, 9.17) is 0 Å². The van der Waals surface area contributed by atoms with Crippen LogP contribution < -0.4 is 24.8 Å². The van der Waals surface area contributed by atoms with Gasteiger partial charge in [0.25, 0.3) is 0 Å². The predicted molar refractivity (Wildman–Crippen MR) is 200 cm³/mol. The quantitative estimate of drug-likeness (QED) is 0.240. The number of rotatable bonds is 6. The second-order valence-electron chi connectivity index (χ2n) is 17.0. The number of hydrogen-bond acceptors (Lipinski definition) is 0. The zero-order valence-electron chi connectivity index (χ0n) is 32.0. The van der Waals surface area contributed by atoms with Crippen LogP contribution in [0.25, 0.3) is 22.3 Å². The first-order valence-corrected chi connectivity index (χ1v) is 19.2. The van der Waals surface area contributed by atoms with E-state index in [0.29, 0.717) is 0 Å². The first kappa shape index (κ1) is 42.9. The summed E-state index contributed by atoms with van der Waals surface area (Å²) in [6.45, 7) is 27.9. The van der Waals surface area contributed by atoms with Crippen molar-refractivity contribution in [2.24, 2.45) is 10.8 Å². The van der Waals surface area contributed by atoms with Crippen molar-refractivity contribution in [2.45, 2.75) is 145 Å². The molecule has 48 heavy (non-hydrogen) atoms. The van der Waals surface area contributed by atoms with Gasteiger partial charge in [-0.1, -0.05) is 92.9 Å². The van der Waals surface area contributed by atoms with Crippen molar-refractivity contribution < 1.29 is 49.0 Å². The molecule has 6 rings (SSSR count). The molecule has 0 N–H and O–H groups in total. The molecule has 0 nitrogen and oxygen atoms in total. The zero-order chi connectivity index (χ0) is 34.1. The molecule has 0 amide bonds. The van der Waals surface area contributed by atoms with Gasteiger partial charge in [0.05, 0.1) is 0 Å². The first-order chi connectivity index (χ1) is 21.4. The van der Waals surface area contributed by atoms with Crippen LogP contribution >= 0.6 is 0 Å². The summed E-state index contributed by atoms with van der Waals surface area (Å²) in [5, 5.41) is 0. The minimum atomic E-state index is -0.0202. The van der Waals surface area contributed by atoms with Gasteiger partial charge in [0, 0.05) is 5.41 Å². The molecule has 3 heteroatoms. The maximum absolute atomic E-state index is 3.85. The molecule has 0 spiro atoms. The summed E-state index contributed by atoms with van der Waals surface area (Å²) in [7, 11) is 0. The van der Waals surface area contributed by atoms with Crippen LogP contribution in [0.15, 0.2) is 48.6 Å². The molecule has 0 saturated heterocycles. The maximum Gasteiger partial charge on any atom is -0.109 e. The maximum atomic E-state index is 3.85. The number of allylic oxidation sites excluding steroid dienone is 8. The van der Waals surface area contributed by atoms with Gasteiger partial charge in [-0.3, -0.25) is 12.2 Å². The number of halogens is 2. The van der Waals surface area contributed by atoms with Crippen LogP contribution in [0.3, 0.4) is 0 Å². The topological polar surface area (TPSA) is 0 Å². The third-order valence-electron chi connectivity index (χ3n) is 9.84. The average Bonchev–Trinajstić information content (AvgIpc) is 3.75. The molecule has 2 aromatic carbocycles. The minimum Gasteiger partial charge on any atom is -1.00 e. The van der Waals surface area contributed by atoms with Crippen molar-refractivity contribution in [1.29, 1.82) is 0 Å². The molecule has 0 bridgehead atoms. The summed E-state index contributed by atoms with van der Waals surface area (Å²) in [6.07, 6.45) is 25.7. The van der Waals surface area contributed by atoms with Gasteiger partial charge in [-0.15, -0.1) is 18.1 Å². The molecule has 0 aliphatic heterocycles. The number of hydrogen-bond donors (Lipinski definition) is 0. The van der Waals surface area contributed by atoms with Crippen LogP contribution in [0.4, 0.5) is 0 Å². The Morgan fingerprint density at radius 3 is 1.73 bits per heavy atom. The fraction of sp³-hybridized carbons (Fsp3) is 0.533. The number of fused-ring (bicyclic) bond motifs is 5. The third kappa shape index (κ3) is 9.74. The van der Waals surface area contributed by atoms with Crippen molar-refractivity contribution in [1.82, 2.24) is 0 Å². The normalized spacial score (nSPS) is 16.9. The Morgan fingerprint density at radius 2 is 1.29 bits per heavy atom. The Morgan fingerprint density at radius 1 is 0.750 bits per heavy atom. The molecular formula is C45H60Cl2Zr-2. The van der Waals surface area contributed by atoms with Crippen molar-refractivity contribution in [3.05, 3.63) is 94.1 Å². The summed E-state index contributed by atoms with van der Waals surface area (Å²) in [5.41, 5.74) is 14.9. The Balaban J connectivity index is 0.000000394. The van der Waals surface area contributed by atoms with Crippen molar-refractivity contribution in [3.8, 4) is 11.1 Å². The van der Waals surface area contributed by atoms with Crippen LogP contribution in [0.5, 0.6) is 0 Å². The molecule has 260 valence electrons. The van der Waals surface area contributed by atoms with Crippen molar-refractivity contribution in [2.75, 3.05) is 0 Å². The largest absolute Gasteiger partial charge is 1.00 e. The molecule has 2 aromatic rings. The smallest absolute Gasteiger partial charge is 0.109 e. The van der Waals surface area contributed by atoms with Gasteiger partial charge in [0.15, 0.2) is 0 Å². The second-order valence-corrected chi connectivity index (χ2v) is 18.7. The van der Waals surface area contributed by atoms with E-state index in [1.807, 2.05) is 12.2 Å². The molecular weight excluding hydrogens is 703 g/mol. The van der Waals surface area contributed by atoms with Crippen molar-refractivity contribution in [3.63, 3.8) is 0 Å². The van der Waals surface area contributed by atoms with E-state index in [-0.39, 0.29) is 46.5 Å². The van der Waals surface area contributed by atoms with Gasteiger partial charge < -0.3 is 24.8 Å². The Labute approximate surface area is 322 Å². The van der Waals surface area contributed by atoms with Gasteiger partial charge in [-0.25, -0.2) is 17.7 Å². The van der Waals surface area contributed by atoms with Crippen LogP contribution in [-0.4, -0.2) is 3.21 Å². The molecule has 0 aromatic heterocycles. The molecule has 0 unspecified atom stereocenters. The number of benzene rings is 2. The molecule has 4 aliphatic rings. The molecule has 0 radical (unpaired) electrons. The fourth-order valence-corrected chi connectivity index (χ4v) is 8.06. The van der Waals surface area contributed by atoms with Crippen LogP contribution in [0.1, 0.15) is 161 Å². The van der Waals surface area contributed by atoms with Gasteiger partial charge in [0.1, 0.15) is 0 Å². The standard InChI is InChI=1S/C31H37.C9H18.C5H5.2ClH.Zr/c1-28(2,3)26-16-30(7,8)24-12-18-11-19-13-25-23(15-21(19)20(18)14-22(24)26)27(29(4,5)6)17-31(25,9)10;1-3-5-7-9-8-6-4-2;1-2-4-5-3-1;;;/h12-16H,11H2,1-10H3;3-8H2,1-2H3;1-3H,4H2;2*1H;/q-1;;-1;;;+2/p-2. The SMILES string of the molecule is CC(C)(C)C1=[C-]C(C)(C)c2cc3c(cc21)-c1cc2c(cc1C3)C(C)(C)C=C2C(C)(C)C.CCCC[C](=[Zr+2])CCCC.[C-]1=CC=CC1.[Cl-].[Cl-]. The Hall–Kier alpha value is -1.27. The summed E-state index contributed by atoms with van der Waals surface area (Å²) in [6, 6.07) is 10.0. The van der Waals surface area contributed by atoms with E-state index in [2.05, 4.69) is 132 Å². The Kier molecular flexibility index (Phi) is 15.0. The van der Waals surface area contributed by atoms with Gasteiger partial charge in [-0.2, -0.15) is 11.6 Å². The van der Waals surface area contributed by atoms with Gasteiger partial charge in [-0.05, 0) is 62.3 Å². The minimum absolute atomic E-state index is 0. The molecule has 0 saturated carbocycles. The van der Waals surface area contributed by atoms with Gasteiger partial charge in [0.2, 0.25) is 0 Å². The van der Waals surface area contributed by atoms with E-state index >= 15 is 0 Å². The van der Waals surface area contributed by atoms with Crippen LogP contribution in [0, 0.1) is 23.0 Å². The average molecular weight is 763 g/mol. The van der Waals surface area contributed by atoms with Crippen LogP contribution in [0.2, 0.25) is 0 Å². The summed E-state index contributed by atoms with van der Waals surface area (Å²) < 4.78 is 1.79. The van der Waals surface area contributed by atoms with Crippen LogP contribution in [-0.2, 0) is 41.5 Å². The second kappa shape index (κ2) is 16.8. The summed E-state index contributed by atoms with van der Waals surface area (Å²) in [5.74, 6) is 0.